The largest absolute Gasteiger partial charge is 0.395 e. The Morgan fingerprint density at radius 2 is 2.29 bits per heavy atom. The maximum atomic E-state index is 14.0. The molecule has 0 spiro atoms. The molecule has 2 heterocycles. The number of aryl methyl sites for hydroxylation is 1. The van der Waals surface area contributed by atoms with Gasteiger partial charge in [0.05, 0.1) is 17.8 Å². The quantitative estimate of drug-likeness (QED) is 0.754. The maximum Gasteiger partial charge on any atom is 0.265 e. The van der Waals surface area contributed by atoms with Crippen LogP contribution in [-0.4, -0.2) is 38.8 Å². The minimum atomic E-state index is -0.450. The van der Waals surface area contributed by atoms with Gasteiger partial charge in [0.2, 0.25) is 0 Å². The second-order valence-corrected chi connectivity index (χ2v) is 6.76. The maximum absolute atomic E-state index is 14.0. The molecule has 24 heavy (non-hydrogen) atoms. The first kappa shape index (κ1) is 16.9. The van der Waals surface area contributed by atoms with Crippen molar-refractivity contribution in [2.75, 3.05) is 13.2 Å². The lowest BCUT2D eigenvalue weighted by Gasteiger charge is -2.20. The summed E-state index contributed by atoms with van der Waals surface area (Å²) < 4.78 is 16.2. The zero-order valence-corrected chi connectivity index (χ0v) is 14.4. The fourth-order valence-corrected chi connectivity index (χ4v) is 4.02. The molecule has 0 saturated carbocycles. The normalized spacial score (nSPS) is 11.2. The summed E-state index contributed by atoms with van der Waals surface area (Å²) >= 11 is 7.40. The first-order valence-corrected chi connectivity index (χ1v) is 8.45. The highest BCUT2D eigenvalue weighted by molar-refractivity contribution is 7.21. The molecule has 8 heteroatoms. The summed E-state index contributed by atoms with van der Waals surface area (Å²) in [6.45, 7) is 0.268. The van der Waals surface area contributed by atoms with Gasteiger partial charge in [-0.15, -0.1) is 11.3 Å². The number of fused-ring (bicyclic) bond motifs is 1. The van der Waals surface area contributed by atoms with Crippen molar-refractivity contribution in [3.05, 3.63) is 51.9 Å². The summed E-state index contributed by atoms with van der Waals surface area (Å²) in [6.07, 6.45) is 3.45. The van der Waals surface area contributed by atoms with Crippen molar-refractivity contribution in [3.8, 4) is 0 Å². The number of carbonyl (C=O) groups excluding carboxylic acids is 1. The highest BCUT2D eigenvalue weighted by Gasteiger charge is 2.24. The minimum absolute atomic E-state index is 0.118. The van der Waals surface area contributed by atoms with Crippen LogP contribution in [0.25, 0.3) is 10.1 Å². The minimum Gasteiger partial charge on any atom is -0.395 e. The third kappa shape index (κ3) is 3.15. The van der Waals surface area contributed by atoms with E-state index in [1.807, 2.05) is 0 Å². The number of carbonyl (C=O) groups is 1. The van der Waals surface area contributed by atoms with Crippen molar-refractivity contribution in [1.82, 2.24) is 14.7 Å². The van der Waals surface area contributed by atoms with Gasteiger partial charge in [-0.3, -0.25) is 9.48 Å². The van der Waals surface area contributed by atoms with Crippen LogP contribution in [0.5, 0.6) is 0 Å². The van der Waals surface area contributed by atoms with Gasteiger partial charge in [-0.25, -0.2) is 4.39 Å². The molecule has 0 aliphatic heterocycles. The van der Waals surface area contributed by atoms with Crippen LogP contribution >= 0.6 is 22.9 Å². The summed E-state index contributed by atoms with van der Waals surface area (Å²) in [6, 6.07) is 4.62. The summed E-state index contributed by atoms with van der Waals surface area (Å²) in [5.74, 6) is -0.785. The predicted octanol–water partition coefficient (Wildman–Crippen LogP) is 3.06. The van der Waals surface area contributed by atoms with Crippen LogP contribution in [0.1, 0.15) is 15.2 Å². The molecule has 0 fully saturated rings. The van der Waals surface area contributed by atoms with Crippen LogP contribution in [0.15, 0.2) is 30.6 Å². The van der Waals surface area contributed by atoms with E-state index < -0.39 is 5.82 Å². The molecule has 3 aromatic rings. The van der Waals surface area contributed by atoms with Crippen molar-refractivity contribution in [3.63, 3.8) is 0 Å². The molecule has 1 N–H and O–H groups in total. The van der Waals surface area contributed by atoms with E-state index in [1.165, 1.54) is 11.0 Å². The van der Waals surface area contributed by atoms with E-state index >= 15 is 0 Å². The molecule has 1 amide bonds. The van der Waals surface area contributed by atoms with Gasteiger partial charge < -0.3 is 10.0 Å². The number of rotatable bonds is 5. The number of hydrogen-bond acceptors (Lipinski definition) is 4. The fourth-order valence-electron chi connectivity index (χ4n) is 2.50. The predicted molar refractivity (Wildman–Crippen MR) is 91.8 cm³/mol. The second-order valence-electron chi connectivity index (χ2n) is 5.33. The number of aliphatic hydroxyl groups excluding tert-OH is 1. The molecule has 0 aliphatic rings. The van der Waals surface area contributed by atoms with E-state index in [4.69, 9.17) is 11.6 Å². The van der Waals surface area contributed by atoms with Gasteiger partial charge in [0.15, 0.2) is 0 Å². The topological polar surface area (TPSA) is 58.4 Å². The van der Waals surface area contributed by atoms with Gasteiger partial charge >= 0.3 is 0 Å². The first-order valence-electron chi connectivity index (χ1n) is 7.25. The number of nitrogens with zero attached hydrogens (tertiary/aromatic N) is 3. The van der Waals surface area contributed by atoms with Crippen LogP contribution in [0.3, 0.4) is 0 Å². The zero-order valence-electron chi connectivity index (χ0n) is 12.9. The summed E-state index contributed by atoms with van der Waals surface area (Å²) in [7, 11) is 1.79. The van der Waals surface area contributed by atoms with Crippen molar-refractivity contribution in [1.29, 1.82) is 0 Å². The summed E-state index contributed by atoms with van der Waals surface area (Å²) in [5.41, 5.74) is 0.836. The molecular formula is C16H15ClFN3O2S. The molecule has 0 radical (unpaired) electrons. The monoisotopic (exact) mass is 367 g/mol. The average molecular weight is 368 g/mol. The van der Waals surface area contributed by atoms with Gasteiger partial charge in [0.25, 0.3) is 5.91 Å². The number of thiophene rings is 1. The molecule has 0 saturated heterocycles. The van der Waals surface area contributed by atoms with E-state index in [1.54, 1.807) is 36.3 Å². The lowest BCUT2D eigenvalue weighted by Crippen LogP contribution is -2.32. The van der Waals surface area contributed by atoms with Crippen molar-refractivity contribution < 1.29 is 14.3 Å². The summed E-state index contributed by atoms with van der Waals surface area (Å²) in [5, 5.41) is 13.7. The Hall–Kier alpha value is -1.96. The Morgan fingerprint density at radius 3 is 2.92 bits per heavy atom. The lowest BCUT2D eigenvalue weighted by molar-refractivity contribution is 0.0713. The smallest absolute Gasteiger partial charge is 0.265 e. The summed E-state index contributed by atoms with van der Waals surface area (Å²) in [4.78, 5) is 14.6. The third-order valence-electron chi connectivity index (χ3n) is 3.59. The molecule has 2 aromatic heterocycles. The number of aromatic nitrogens is 2. The number of halogens is 2. The fraction of sp³-hybridized carbons (Fsp3) is 0.250. The van der Waals surface area contributed by atoms with E-state index in [2.05, 4.69) is 5.10 Å². The number of hydrogen-bond donors (Lipinski definition) is 1. The lowest BCUT2D eigenvalue weighted by atomic mass is 10.2. The molecule has 126 valence electrons. The van der Waals surface area contributed by atoms with Crippen LogP contribution in [0.4, 0.5) is 4.39 Å². The van der Waals surface area contributed by atoms with Gasteiger partial charge in [-0.2, -0.15) is 5.10 Å². The SMILES string of the molecule is Cn1cc(CN(CCO)C(=O)c2sc3cccc(F)c3c2Cl)cn1. The van der Waals surface area contributed by atoms with E-state index in [0.29, 0.717) is 11.2 Å². The van der Waals surface area contributed by atoms with Crippen LogP contribution in [0.2, 0.25) is 5.02 Å². The number of benzene rings is 1. The van der Waals surface area contributed by atoms with Gasteiger partial charge in [-0.1, -0.05) is 17.7 Å². The van der Waals surface area contributed by atoms with Gasteiger partial charge in [0, 0.05) is 42.0 Å². The van der Waals surface area contributed by atoms with E-state index in [0.717, 1.165) is 16.9 Å². The van der Waals surface area contributed by atoms with E-state index in [-0.39, 0.29) is 34.3 Å². The van der Waals surface area contributed by atoms with Crippen molar-refractivity contribution >= 4 is 38.9 Å². The number of aliphatic hydroxyl groups is 1. The van der Waals surface area contributed by atoms with E-state index in [9.17, 15) is 14.3 Å². The Labute approximate surface area is 146 Å². The highest BCUT2D eigenvalue weighted by Crippen LogP contribution is 2.37. The van der Waals surface area contributed by atoms with Gasteiger partial charge in [0.1, 0.15) is 10.7 Å². The van der Waals surface area contributed by atoms with Crippen molar-refractivity contribution in [2.45, 2.75) is 6.54 Å². The average Bonchev–Trinajstić information content (AvgIpc) is 3.11. The number of amides is 1. The molecular weight excluding hydrogens is 353 g/mol. The van der Waals surface area contributed by atoms with Crippen LogP contribution in [0, 0.1) is 5.82 Å². The Bertz CT molecular complexity index is 893. The molecule has 0 atom stereocenters. The Balaban J connectivity index is 1.95. The second kappa shape index (κ2) is 6.88. The molecule has 0 aliphatic carbocycles. The molecule has 3 rings (SSSR count). The first-order chi connectivity index (χ1) is 11.5. The molecule has 0 bridgehead atoms. The standard InChI is InChI=1S/C16H15ClFN3O2S/c1-20-8-10(7-19-20)9-21(5-6-22)16(23)15-14(17)13-11(18)3-2-4-12(13)24-15/h2-4,7-8,22H,5-6,9H2,1H3. The van der Waals surface area contributed by atoms with Crippen LogP contribution in [-0.2, 0) is 13.6 Å². The molecule has 0 unspecified atom stereocenters. The van der Waals surface area contributed by atoms with Gasteiger partial charge in [-0.05, 0) is 12.1 Å². The molecule has 1 aromatic carbocycles. The highest BCUT2D eigenvalue weighted by atomic mass is 35.5. The third-order valence-corrected chi connectivity index (χ3v) is 5.22. The van der Waals surface area contributed by atoms with Crippen molar-refractivity contribution in [2.24, 2.45) is 7.05 Å². The Morgan fingerprint density at radius 1 is 1.50 bits per heavy atom. The zero-order chi connectivity index (χ0) is 17.3. The Kier molecular flexibility index (Phi) is 4.84. The van der Waals surface area contributed by atoms with Crippen LogP contribution < -0.4 is 0 Å². The molecule has 5 nitrogen and oxygen atoms in total.